The SMILES string of the molecule is C/C=C/C=[CH]/[Ti][C]1=C(C)C(C)=C(C)C1(C)C. The normalized spacial score (nSPS) is 20.6. The molecule has 1 heteroatoms. The van der Waals surface area contributed by atoms with Gasteiger partial charge >= 0.3 is 109 Å². The molecule has 0 aromatic carbocycles. The molecular weight excluding hydrogens is 228 g/mol. The van der Waals surface area contributed by atoms with E-state index in [0.29, 0.717) is 5.41 Å². The predicted molar refractivity (Wildman–Crippen MR) is 68.8 cm³/mol. The van der Waals surface area contributed by atoms with E-state index in [-0.39, 0.29) is 19.2 Å². The Bertz CT molecular complexity index is 390. The second-order valence-corrected chi connectivity index (χ2v) is 6.66. The van der Waals surface area contributed by atoms with Crippen molar-refractivity contribution in [1.29, 1.82) is 0 Å². The summed E-state index contributed by atoms with van der Waals surface area (Å²) in [5.74, 6) is 0. The molecule has 0 fully saturated rings. The summed E-state index contributed by atoms with van der Waals surface area (Å²) in [6.07, 6.45) is 6.40. The van der Waals surface area contributed by atoms with Gasteiger partial charge in [0.2, 0.25) is 0 Å². The molecule has 0 spiro atoms. The Morgan fingerprint density at radius 2 is 1.62 bits per heavy atom. The monoisotopic (exact) mass is 250 g/mol. The fourth-order valence-electron chi connectivity index (χ4n) is 2.18. The van der Waals surface area contributed by atoms with Crippen LogP contribution in [-0.2, 0) is 19.2 Å². The van der Waals surface area contributed by atoms with Gasteiger partial charge in [-0.2, -0.15) is 0 Å². The summed E-state index contributed by atoms with van der Waals surface area (Å²) < 4.78 is 4.08. The van der Waals surface area contributed by atoms with E-state index in [9.17, 15) is 0 Å². The Morgan fingerprint density at radius 3 is 2.06 bits per heavy atom. The molecule has 0 radical (unpaired) electrons. The van der Waals surface area contributed by atoms with Crippen LogP contribution in [0.4, 0.5) is 0 Å². The van der Waals surface area contributed by atoms with Crippen LogP contribution in [0.5, 0.6) is 0 Å². The molecule has 1 aliphatic rings. The summed E-state index contributed by atoms with van der Waals surface area (Å²) in [5, 5.41) is 0. The fraction of sp³-hybridized carbons (Fsp3) is 0.467. The molecular formula is C15H22Ti. The van der Waals surface area contributed by atoms with Gasteiger partial charge in [-0.05, 0) is 0 Å². The summed E-state index contributed by atoms with van der Waals surface area (Å²) in [5.41, 5.74) is 4.92. The summed E-state index contributed by atoms with van der Waals surface area (Å²) in [6.45, 7) is 13.6. The first-order chi connectivity index (χ1) is 7.42. The van der Waals surface area contributed by atoms with E-state index >= 15 is 0 Å². The van der Waals surface area contributed by atoms with Crippen molar-refractivity contribution in [2.24, 2.45) is 5.41 Å². The van der Waals surface area contributed by atoms with Crippen molar-refractivity contribution in [2.45, 2.75) is 41.5 Å². The van der Waals surface area contributed by atoms with Crippen LogP contribution < -0.4 is 0 Å². The second kappa shape index (κ2) is 5.34. The van der Waals surface area contributed by atoms with E-state index in [0.717, 1.165) is 0 Å². The second-order valence-electron chi connectivity index (χ2n) is 4.90. The van der Waals surface area contributed by atoms with E-state index in [1.807, 2.05) is 0 Å². The third-order valence-corrected chi connectivity index (χ3v) is 6.26. The van der Waals surface area contributed by atoms with Crippen molar-refractivity contribution in [1.82, 2.24) is 0 Å². The van der Waals surface area contributed by atoms with Crippen LogP contribution in [0.3, 0.4) is 0 Å². The van der Waals surface area contributed by atoms with Crippen molar-refractivity contribution < 1.29 is 19.2 Å². The summed E-state index contributed by atoms with van der Waals surface area (Å²) in [6, 6.07) is 0. The topological polar surface area (TPSA) is 0 Å². The van der Waals surface area contributed by atoms with Crippen LogP contribution in [-0.4, -0.2) is 0 Å². The van der Waals surface area contributed by atoms with Crippen LogP contribution in [0.15, 0.2) is 43.2 Å². The minimum absolute atomic E-state index is 0.111. The molecule has 0 atom stereocenters. The Balaban J connectivity index is 2.91. The van der Waals surface area contributed by atoms with Crippen molar-refractivity contribution in [2.75, 3.05) is 0 Å². The van der Waals surface area contributed by atoms with E-state index in [2.05, 4.69) is 64.2 Å². The molecule has 0 bridgehead atoms. The molecule has 0 saturated heterocycles. The summed E-state index contributed by atoms with van der Waals surface area (Å²) in [4.78, 5) is 0. The average Bonchev–Trinajstić information content (AvgIpc) is 2.38. The van der Waals surface area contributed by atoms with E-state index < -0.39 is 0 Å². The zero-order chi connectivity index (χ0) is 12.3. The molecule has 0 N–H and O–H groups in total. The van der Waals surface area contributed by atoms with Gasteiger partial charge in [-0.3, -0.25) is 0 Å². The van der Waals surface area contributed by atoms with Gasteiger partial charge in [-0.25, -0.2) is 0 Å². The van der Waals surface area contributed by atoms with E-state index in [4.69, 9.17) is 0 Å². The molecule has 0 amide bonds. The van der Waals surface area contributed by atoms with Gasteiger partial charge in [0.25, 0.3) is 0 Å². The maximum atomic E-state index is 2.38. The van der Waals surface area contributed by atoms with Crippen LogP contribution in [0.2, 0.25) is 0 Å². The molecule has 0 saturated carbocycles. The average molecular weight is 250 g/mol. The Labute approximate surface area is 109 Å². The molecule has 0 aliphatic heterocycles. The zero-order valence-corrected chi connectivity index (χ0v) is 12.9. The minimum atomic E-state index is -0.111. The summed E-state index contributed by atoms with van der Waals surface area (Å²) >= 11 is -0.111. The van der Waals surface area contributed by atoms with Crippen molar-refractivity contribution >= 4 is 0 Å². The molecule has 0 aromatic rings. The maximum absolute atomic E-state index is 2.38. The Morgan fingerprint density at radius 1 is 1.00 bits per heavy atom. The van der Waals surface area contributed by atoms with Crippen LogP contribution in [0.1, 0.15) is 41.5 Å². The van der Waals surface area contributed by atoms with Gasteiger partial charge < -0.3 is 0 Å². The summed E-state index contributed by atoms with van der Waals surface area (Å²) in [7, 11) is 0. The van der Waals surface area contributed by atoms with Gasteiger partial charge in [-0.1, -0.05) is 0 Å². The molecule has 0 nitrogen and oxygen atoms in total. The van der Waals surface area contributed by atoms with Crippen LogP contribution in [0.25, 0.3) is 0 Å². The first kappa shape index (κ1) is 13.7. The number of hydrogen-bond acceptors (Lipinski definition) is 0. The Kier molecular flexibility index (Phi) is 4.58. The molecule has 0 unspecified atom stereocenters. The third-order valence-electron chi connectivity index (χ3n) is 3.69. The third kappa shape index (κ3) is 2.49. The van der Waals surface area contributed by atoms with Gasteiger partial charge in [0.05, 0.1) is 0 Å². The quantitative estimate of drug-likeness (QED) is 0.498. The van der Waals surface area contributed by atoms with E-state index in [1.165, 1.54) is 5.57 Å². The van der Waals surface area contributed by atoms with Gasteiger partial charge in [0.1, 0.15) is 0 Å². The number of hydrogen-bond donors (Lipinski definition) is 0. The molecule has 86 valence electrons. The molecule has 1 rings (SSSR count). The van der Waals surface area contributed by atoms with Crippen LogP contribution >= 0.6 is 0 Å². The van der Waals surface area contributed by atoms with Gasteiger partial charge in [0, 0.05) is 0 Å². The standard InChI is InChI=1S/C10H15.C5H7.Ti/c1-7-6-10(4,5)9(3)8(7)2;1-3-5-4-2;/h1-5H3;1,3-5H,2H3;/b;3-1?,5-4+;. The number of rotatable bonds is 3. The molecule has 0 aromatic heterocycles. The van der Waals surface area contributed by atoms with Crippen molar-refractivity contribution in [3.63, 3.8) is 0 Å². The molecule has 1 aliphatic carbocycles. The predicted octanol–water partition coefficient (Wildman–Crippen LogP) is 4.81. The molecule has 0 heterocycles. The van der Waals surface area contributed by atoms with E-state index in [1.54, 1.807) is 15.0 Å². The van der Waals surface area contributed by atoms with Crippen LogP contribution in [0, 0.1) is 5.41 Å². The van der Waals surface area contributed by atoms with Crippen molar-refractivity contribution in [3.8, 4) is 0 Å². The van der Waals surface area contributed by atoms with Gasteiger partial charge in [0.15, 0.2) is 0 Å². The van der Waals surface area contributed by atoms with Crippen molar-refractivity contribution in [3.05, 3.63) is 43.2 Å². The molecule has 16 heavy (non-hydrogen) atoms. The van der Waals surface area contributed by atoms with Gasteiger partial charge in [-0.15, -0.1) is 0 Å². The first-order valence-corrected chi connectivity index (χ1v) is 7.55. The Hall–Kier alpha value is -0.326. The number of allylic oxidation sites excluding steroid dienone is 7. The first-order valence-electron chi connectivity index (χ1n) is 5.87. The zero-order valence-electron chi connectivity index (χ0n) is 11.3. The fourth-order valence-corrected chi connectivity index (χ4v) is 4.25.